The quantitative estimate of drug-likeness (QED) is 0.372. The summed E-state index contributed by atoms with van der Waals surface area (Å²) < 4.78 is 0. The van der Waals surface area contributed by atoms with Crippen LogP contribution >= 0.6 is 0 Å². The zero-order valence-electron chi connectivity index (χ0n) is 7.39. The molecule has 52 valence electrons. The van der Waals surface area contributed by atoms with Crippen molar-refractivity contribution in [2.24, 2.45) is 0 Å². The van der Waals surface area contributed by atoms with Gasteiger partial charge in [-0.1, -0.05) is 19.9 Å². The average molecular weight is 138 g/mol. The molecule has 11 heavy (non-hydrogen) atoms. The van der Waals surface area contributed by atoms with Crippen LogP contribution in [0.1, 0.15) is 19.4 Å². The summed E-state index contributed by atoms with van der Waals surface area (Å²) >= 11 is 0. The van der Waals surface area contributed by atoms with Crippen LogP contribution in [0.2, 0.25) is 0 Å². The smallest absolute Gasteiger partial charge is 0.193 e. The van der Waals surface area contributed by atoms with Crippen LogP contribution in [-0.4, -0.2) is 0 Å². The first-order valence-corrected chi connectivity index (χ1v) is 3.41. The molecule has 0 saturated carbocycles. The minimum absolute atomic E-state index is 0. The van der Waals surface area contributed by atoms with E-state index in [1.54, 1.807) is 0 Å². The summed E-state index contributed by atoms with van der Waals surface area (Å²) in [6, 6.07) is 10.1. The second-order valence-electron chi connectivity index (χ2n) is 2.49. The van der Waals surface area contributed by atoms with Gasteiger partial charge >= 0.3 is 18.9 Å². The van der Waals surface area contributed by atoms with E-state index < -0.39 is 0 Å². The average Bonchev–Trinajstić information content (AvgIpc) is 1.88. The Morgan fingerprint density at radius 2 is 1.64 bits per heavy atom. The number of allylic oxidation sites excluding steroid dienone is 1. The van der Waals surface area contributed by atoms with E-state index in [0.29, 0.717) is 0 Å². The van der Waals surface area contributed by atoms with E-state index in [-0.39, 0.29) is 18.9 Å². The Bertz CT molecular complexity index is 220. The molecular weight excluding hydrogens is 127 g/mol. The summed E-state index contributed by atoms with van der Waals surface area (Å²) in [7, 11) is 0. The van der Waals surface area contributed by atoms with Gasteiger partial charge in [-0.2, -0.15) is 23.8 Å². The van der Waals surface area contributed by atoms with Gasteiger partial charge in [-0.3, -0.25) is 0 Å². The van der Waals surface area contributed by atoms with Crippen molar-refractivity contribution in [1.29, 1.82) is 0 Å². The first-order valence-electron chi connectivity index (χ1n) is 3.41. The van der Waals surface area contributed by atoms with E-state index in [4.69, 9.17) is 0 Å². The number of benzene rings is 1. The van der Waals surface area contributed by atoms with Gasteiger partial charge in [0.2, 0.25) is 0 Å². The summed E-state index contributed by atoms with van der Waals surface area (Å²) in [5.74, 6) is 0. The van der Waals surface area contributed by atoms with Gasteiger partial charge in [0, 0.05) is 0 Å². The number of hydrogen-bond acceptors (Lipinski definition) is 0. The van der Waals surface area contributed by atoms with E-state index in [9.17, 15) is 0 Å². The van der Waals surface area contributed by atoms with Crippen LogP contribution in [0.25, 0.3) is 0 Å². The van der Waals surface area contributed by atoms with E-state index >= 15 is 0 Å². The van der Waals surface area contributed by atoms with Crippen molar-refractivity contribution in [3.05, 3.63) is 47.5 Å². The van der Waals surface area contributed by atoms with Gasteiger partial charge in [0.1, 0.15) is 0 Å². The van der Waals surface area contributed by atoms with Crippen molar-refractivity contribution < 1.29 is 18.9 Å². The van der Waals surface area contributed by atoms with Crippen LogP contribution in [-0.2, 0) is 0 Å². The van der Waals surface area contributed by atoms with Gasteiger partial charge in [0.15, 0.2) is 0 Å². The molecule has 0 saturated heterocycles. The molecule has 1 aromatic carbocycles. The molecule has 0 amide bonds. The third kappa shape index (κ3) is 4.09. The Morgan fingerprint density at radius 1 is 1.09 bits per heavy atom. The maximum absolute atomic E-state index is 3.22. The fourth-order valence-electron chi connectivity index (χ4n) is 0.810. The zero-order valence-corrected chi connectivity index (χ0v) is 7.39. The van der Waals surface area contributed by atoms with E-state index in [2.05, 4.69) is 6.08 Å². The van der Waals surface area contributed by atoms with Gasteiger partial charge in [-0.05, 0) is 0 Å². The van der Waals surface area contributed by atoms with E-state index in [1.807, 2.05) is 44.2 Å². The van der Waals surface area contributed by atoms with Crippen molar-refractivity contribution in [3.8, 4) is 0 Å². The predicted molar refractivity (Wildman–Crippen MR) is 43.6 cm³/mol. The minimum atomic E-state index is 0. The second-order valence-corrected chi connectivity index (χ2v) is 2.49. The first-order chi connectivity index (χ1) is 4.79. The molecule has 1 rings (SSSR count). The van der Waals surface area contributed by atoms with Crippen molar-refractivity contribution in [2.45, 2.75) is 13.8 Å². The molecule has 0 bridgehead atoms. The van der Waals surface area contributed by atoms with Crippen molar-refractivity contribution >= 4 is 0 Å². The summed E-state index contributed by atoms with van der Waals surface area (Å²) in [6.07, 6.45) is 3.22. The summed E-state index contributed by atoms with van der Waals surface area (Å²) in [5.41, 5.74) is 2.37. The molecule has 0 radical (unpaired) electrons. The Kier molecular flexibility index (Phi) is 5.03. The van der Waals surface area contributed by atoms with Gasteiger partial charge in [0.05, 0.1) is 0 Å². The van der Waals surface area contributed by atoms with Gasteiger partial charge in [-0.25, -0.2) is 0 Å². The van der Waals surface area contributed by atoms with Gasteiger partial charge in [-0.15, -0.1) is 17.7 Å². The van der Waals surface area contributed by atoms with E-state index in [1.165, 1.54) is 5.57 Å². The normalized spacial score (nSPS) is 8.18. The van der Waals surface area contributed by atoms with Crippen LogP contribution in [0.15, 0.2) is 35.9 Å². The van der Waals surface area contributed by atoms with Gasteiger partial charge < -0.3 is 0 Å². The summed E-state index contributed by atoms with van der Waals surface area (Å²) in [4.78, 5) is 0. The molecular formula is C10H11Li. The minimum Gasteiger partial charge on any atom is -0.193 e. The van der Waals surface area contributed by atoms with Crippen molar-refractivity contribution in [1.82, 2.24) is 0 Å². The van der Waals surface area contributed by atoms with Crippen molar-refractivity contribution in [2.75, 3.05) is 0 Å². The largest absolute Gasteiger partial charge is 1.00 e. The molecule has 0 unspecified atom stereocenters. The van der Waals surface area contributed by atoms with Crippen LogP contribution in [0.4, 0.5) is 0 Å². The first kappa shape index (κ1) is 10.6. The summed E-state index contributed by atoms with van der Waals surface area (Å²) in [5, 5.41) is 0. The van der Waals surface area contributed by atoms with Gasteiger partial charge in [0.25, 0.3) is 0 Å². The molecule has 0 heterocycles. The second kappa shape index (κ2) is 5.24. The molecule has 0 spiro atoms. The number of hydrogen-bond donors (Lipinski definition) is 0. The standard InChI is InChI=1S/C10H11.Li/c1-9(2)8-10-6-4-3-5-7-10;/h3-7H,1-2H3;/q-1;+1. The molecule has 0 aromatic heterocycles. The molecule has 0 aliphatic rings. The molecule has 0 fully saturated rings. The van der Waals surface area contributed by atoms with E-state index in [0.717, 1.165) is 5.56 Å². The maximum atomic E-state index is 3.22. The number of rotatable bonds is 1. The Labute approximate surface area is 80.5 Å². The fraction of sp³-hybridized carbons (Fsp3) is 0.200. The molecule has 0 N–H and O–H groups in total. The van der Waals surface area contributed by atoms with Crippen LogP contribution in [0, 0.1) is 6.08 Å². The summed E-state index contributed by atoms with van der Waals surface area (Å²) in [6.45, 7) is 4.10. The van der Waals surface area contributed by atoms with Crippen molar-refractivity contribution in [3.63, 3.8) is 0 Å². The topological polar surface area (TPSA) is 0 Å². The Hall–Kier alpha value is -0.443. The Balaban J connectivity index is 0.000001000. The molecule has 1 aromatic rings. The molecule has 0 aliphatic carbocycles. The third-order valence-corrected chi connectivity index (χ3v) is 1.17. The Morgan fingerprint density at radius 3 is 2.09 bits per heavy atom. The van der Waals surface area contributed by atoms with Crippen LogP contribution in [0.3, 0.4) is 0 Å². The van der Waals surface area contributed by atoms with Crippen LogP contribution in [0.5, 0.6) is 0 Å². The molecule has 1 heteroatoms. The SMILES string of the molecule is CC(C)=[C-]c1ccccc1.[Li+]. The zero-order chi connectivity index (χ0) is 7.40. The molecule has 0 aliphatic heterocycles. The maximum Gasteiger partial charge on any atom is 1.00 e. The molecule has 0 nitrogen and oxygen atoms in total. The third-order valence-electron chi connectivity index (χ3n) is 1.17. The fourth-order valence-corrected chi connectivity index (χ4v) is 0.810. The molecule has 0 atom stereocenters. The monoisotopic (exact) mass is 138 g/mol. The van der Waals surface area contributed by atoms with Crippen LogP contribution < -0.4 is 18.9 Å². The predicted octanol–water partition coefficient (Wildman–Crippen LogP) is -0.192.